The van der Waals surface area contributed by atoms with Crippen LogP contribution in [0, 0.1) is 5.82 Å². The first kappa shape index (κ1) is 27.7. The second-order valence-electron chi connectivity index (χ2n) is 10.4. The first-order chi connectivity index (χ1) is 18.7. The molecule has 206 valence electrons. The minimum Gasteiger partial charge on any atom is -0.378 e. The maximum atomic E-state index is 15.8. The Balaban J connectivity index is 1.51. The van der Waals surface area contributed by atoms with Gasteiger partial charge in [-0.3, -0.25) is 9.69 Å². The average molecular weight is 572 g/mol. The second-order valence-corrected chi connectivity index (χ2v) is 11.2. The molecular weight excluding hydrogens is 538 g/mol. The van der Waals surface area contributed by atoms with E-state index < -0.39 is 0 Å². The zero-order valence-electron chi connectivity index (χ0n) is 22.4. The fraction of sp³-hybridized carbons (Fsp3) is 0.367. The molecule has 2 heterocycles. The van der Waals surface area contributed by atoms with Crippen molar-refractivity contribution in [3.63, 3.8) is 0 Å². The van der Waals surface area contributed by atoms with Crippen LogP contribution in [0.4, 0.5) is 21.5 Å². The number of amides is 1. The van der Waals surface area contributed by atoms with E-state index in [2.05, 4.69) is 40.9 Å². The third-order valence-corrected chi connectivity index (χ3v) is 8.15. The molecule has 5 rings (SSSR count). The van der Waals surface area contributed by atoms with Crippen LogP contribution in [0.5, 0.6) is 0 Å². The molecule has 9 heteroatoms. The highest BCUT2D eigenvalue weighted by Crippen LogP contribution is 2.37. The summed E-state index contributed by atoms with van der Waals surface area (Å²) >= 11 is 12.3. The minimum atomic E-state index is -0.365. The van der Waals surface area contributed by atoms with Crippen LogP contribution in [-0.4, -0.2) is 69.3 Å². The summed E-state index contributed by atoms with van der Waals surface area (Å²) in [7, 11) is 2.10. The van der Waals surface area contributed by atoms with Gasteiger partial charge in [0.05, 0.1) is 24.6 Å². The van der Waals surface area contributed by atoms with Gasteiger partial charge >= 0.3 is 0 Å². The van der Waals surface area contributed by atoms with Gasteiger partial charge in [-0.25, -0.2) is 4.39 Å². The number of anilines is 3. The normalized spacial score (nSPS) is 20.3. The third kappa shape index (κ3) is 6.17. The van der Waals surface area contributed by atoms with Crippen LogP contribution in [0.3, 0.4) is 0 Å². The van der Waals surface area contributed by atoms with Gasteiger partial charge in [0.1, 0.15) is 5.82 Å². The van der Waals surface area contributed by atoms with E-state index in [0.717, 1.165) is 24.3 Å². The van der Waals surface area contributed by atoms with Crippen molar-refractivity contribution in [2.45, 2.75) is 25.9 Å². The maximum absolute atomic E-state index is 15.8. The molecule has 0 saturated carbocycles. The number of ether oxygens (including phenoxy) is 1. The summed E-state index contributed by atoms with van der Waals surface area (Å²) in [6.07, 6.45) is 0. The van der Waals surface area contributed by atoms with Gasteiger partial charge in [-0.2, -0.15) is 0 Å². The number of halogens is 3. The number of carbonyl (C=O) groups excluding carboxylic acids is 1. The van der Waals surface area contributed by atoms with Crippen LogP contribution in [0.1, 0.15) is 24.2 Å². The molecule has 2 aliphatic rings. The zero-order valence-corrected chi connectivity index (χ0v) is 23.9. The van der Waals surface area contributed by atoms with Gasteiger partial charge in [0, 0.05) is 65.1 Å². The number of piperazine rings is 1. The molecule has 0 radical (unpaired) electrons. The molecule has 0 unspecified atom stereocenters. The summed E-state index contributed by atoms with van der Waals surface area (Å²) in [6, 6.07) is 16.4. The predicted octanol–water partition coefficient (Wildman–Crippen LogP) is 6.42. The number of hydrogen-bond acceptors (Lipinski definition) is 5. The quantitative estimate of drug-likeness (QED) is 0.383. The molecule has 0 aromatic heterocycles. The molecule has 3 aromatic rings. The number of rotatable bonds is 5. The average Bonchev–Trinajstić information content (AvgIpc) is 2.92. The topological polar surface area (TPSA) is 48.1 Å². The van der Waals surface area contributed by atoms with Gasteiger partial charge in [-0.1, -0.05) is 35.3 Å². The van der Waals surface area contributed by atoms with E-state index in [1.807, 2.05) is 24.3 Å². The van der Waals surface area contributed by atoms with Crippen molar-refractivity contribution >= 4 is 46.2 Å². The van der Waals surface area contributed by atoms with Gasteiger partial charge in [-0.05, 0) is 68.9 Å². The smallest absolute Gasteiger partial charge is 0.255 e. The molecule has 3 aromatic carbocycles. The summed E-state index contributed by atoms with van der Waals surface area (Å²) < 4.78 is 21.2. The van der Waals surface area contributed by atoms with Crippen molar-refractivity contribution in [3.8, 4) is 11.1 Å². The van der Waals surface area contributed by atoms with E-state index in [1.165, 1.54) is 6.07 Å². The highest BCUT2D eigenvalue weighted by atomic mass is 35.5. The number of carbonyl (C=O) groups is 1. The van der Waals surface area contributed by atoms with Crippen molar-refractivity contribution < 1.29 is 13.9 Å². The molecule has 0 spiro atoms. The molecule has 0 bridgehead atoms. The van der Waals surface area contributed by atoms with E-state index >= 15 is 4.39 Å². The third-order valence-electron chi connectivity index (χ3n) is 7.71. The van der Waals surface area contributed by atoms with Gasteiger partial charge in [0.2, 0.25) is 0 Å². The molecular formula is C30H33Cl2FN4O2. The Morgan fingerprint density at radius 3 is 2.15 bits per heavy atom. The summed E-state index contributed by atoms with van der Waals surface area (Å²) in [5.41, 5.74) is 3.74. The number of hydrogen-bond donors (Lipinski definition) is 1. The summed E-state index contributed by atoms with van der Waals surface area (Å²) in [5, 5.41) is 3.76. The van der Waals surface area contributed by atoms with Crippen molar-refractivity contribution in [1.82, 2.24) is 4.90 Å². The van der Waals surface area contributed by atoms with Crippen LogP contribution >= 0.6 is 23.2 Å². The Morgan fingerprint density at radius 1 is 0.923 bits per heavy atom. The van der Waals surface area contributed by atoms with Gasteiger partial charge < -0.3 is 19.9 Å². The summed E-state index contributed by atoms with van der Waals surface area (Å²) in [4.78, 5) is 20.0. The minimum absolute atomic E-state index is 0.263. The van der Waals surface area contributed by atoms with Crippen molar-refractivity contribution in [3.05, 3.63) is 76.0 Å². The molecule has 1 N–H and O–H groups in total. The van der Waals surface area contributed by atoms with E-state index in [1.54, 1.807) is 24.3 Å². The first-order valence-electron chi connectivity index (χ1n) is 13.2. The predicted molar refractivity (Wildman–Crippen MR) is 158 cm³/mol. The number of nitrogens with one attached hydrogen (secondary N) is 1. The van der Waals surface area contributed by atoms with Crippen LogP contribution in [0.2, 0.25) is 10.0 Å². The SMILES string of the molecule is C[C@@H]1CN(c2cc(F)c(-c3ccc(N4CCOCC4)cc3)cc2NC(=O)c2cc(Cl)cc(Cl)c2)C[C@H](C)N1C. The molecule has 0 aliphatic carbocycles. The van der Waals surface area contributed by atoms with Crippen LogP contribution in [0.25, 0.3) is 11.1 Å². The first-order valence-corrected chi connectivity index (χ1v) is 14.0. The summed E-state index contributed by atoms with van der Waals surface area (Å²) in [5.74, 6) is -0.705. The molecule has 1 amide bonds. The molecule has 2 aliphatic heterocycles. The lowest BCUT2D eigenvalue weighted by molar-refractivity contribution is 0.102. The highest BCUT2D eigenvalue weighted by molar-refractivity contribution is 6.35. The van der Waals surface area contributed by atoms with Gasteiger partial charge in [0.25, 0.3) is 5.91 Å². The second kappa shape index (κ2) is 11.7. The Labute approximate surface area is 239 Å². The fourth-order valence-electron chi connectivity index (χ4n) is 5.30. The van der Waals surface area contributed by atoms with Crippen LogP contribution < -0.4 is 15.1 Å². The molecule has 6 nitrogen and oxygen atoms in total. The Hall–Kier alpha value is -2.84. The van der Waals surface area contributed by atoms with Crippen molar-refractivity contribution in [1.29, 1.82) is 0 Å². The number of benzene rings is 3. The lowest BCUT2D eigenvalue weighted by Gasteiger charge is -2.44. The van der Waals surface area contributed by atoms with E-state index in [9.17, 15) is 4.79 Å². The zero-order chi connectivity index (χ0) is 27.7. The van der Waals surface area contributed by atoms with E-state index in [4.69, 9.17) is 27.9 Å². The number of morpholine rings is 1. The van der Waals surface area contributed by atoms with Gasteiger partial charge in [0.15, 0.2) is 0 Å². The number of likely N-dealkylation sites (N-methyl/N-ethyl adjacent to an activating group) is 1. The lowest BCUT2D eigenvalue weighted by Crippen LogP contribution is -2.55. The molecule has 2 atom stereocenters. The monoisotopic (exact) mass is 570 g/mol. The standard InChI is InChI=1S/C30H33Cl2FN4O2/c1-19-17-37(18-20(2)35(19)3)29-16-27(33)26(21-4-6-25(7-5-21)36-8-10-39-11-9-36)15-28(29)34-30(38)22-12-23(31)14-24(32)13-22/h4-7,12-16,19-20H,8-11,17-18H2,1-3H3,(H,34,38)/t19-,20+. The molecule has 39 heavy (non-hydrogen) atoms. The van der Waals surface area contributed by atoms with Crippen LogP contribution in [0.15, 0.2) is 54.6 Å². The molecule has 2 saturated heterocycles. The Morgan fingerprint density at radius 2 is 1.54 bits per heavy atom. The molecule has 2 fully saturated rings. The largest absolute Gasteiger partial charge is 0.378 e. The van der Waals surface area contributed by atoms with E-state index in [-0.39, 0.29) is 23.8 Å². The lowest BCUT2D eigenvalue weighted by atomic mass is 10.0. The van der Waals surface area contributed by atoms with Crippen molar-refractivity contribution in [2.24, 2.45) is 0 Å². The van der Waals surface area contributed by atoms with Crippen molar-refractivity contribution in [2.75, 3.05) is 61.6 Å². The van der Waals surface area contributed by atoms with Crippen LogP contribution in [-0.2, 0) is 4.74 Å². The van der Waals surface area contributed by atoms with Gasteiger partial charge in [-0.15, -0.1) is 0 Å². The fourth-order valence-corrected chi connectivity index (χ4v) is 5.83. The Bertz CT molecular complexity index is 1320. The summed E-state index contributed by atoms with van der Waals surface area (Å²) in [6.45, 7) is 8.76. The maximum Gasteiger partial charge on any atom is 0.255 e. The van der Waals surface area contributed by atoms with E-state index in [0.29, 0.717) is 58.9 Å². The highest BCUT2D eigenvalue weighted by Gasteiger charge is 2.29. The number of nitrogens with zero attached hydrogens (tertiary/aromatic N) is 3. The Kier molecular flexibility index (Phi) is 8.33.